The first-order valence-corrected chi connectivity index (χ1v) is 9.66. The molecule has 0 aliphatic heterocycles. The van der Waals surface area contributed by atoms with Gasteiger partial charge in [-0.05, 0) is 12.1 Å². The van der Waals surface area contributed by atoms with Crippen LogP contribution in [0.2, 0.25) is 0 Å². The first-order valence-electron chi connectivity index (χ1n) is 7.79. The third-order valence-electron chi connectivity index (χ3n) is 3.65. The summed E-state index contributed by atoms with van der Waals surface area (Å²) in [6, 6.07) is 5.36. The van der Waals surface area contributed by atoms with Crippen LogP contribution in [0, 0.1) is 0 Å². The van der Waals surface area contributed by atoms with Crippen molar-refractivity contribution in [1.29, 1.82) is 0 Å². The predicted octanol–water partition coefficient (Wildman–Crippen LogP) is 2.89. The summed E-state index contributed by atoms with van der Waals surface area (Å²) in [5.41, 5.74) is 1.54. The second-order valence-electron chi connectivity index (χ2n) is 5.38. The molecule has 4 aromatic rings. The molecule has 130 valence electrons. The molecule has 0 saturated heterocycles. The minimum Gasteiger partial charge on any atom is -0.298 e. The molecule has 0 atom stereocenters. The van der Waals surface area contributed by atoms with Crippen LogP contribution in [0.15, 0.2) is 64.8 Å². The number of thioether (sulfide) groups is 1. The Morgan fingerprint density at radius 2 is 2.27 bits per heavy atom. The minimum atomic E-state index is -0.0737. The molecule has 0 aliphatic rings. The summed E-state index contributed by atoms with van der Waals surface area (Å²) < 4.78 is 3.52. The van der Waals surface area contributed by atoms with Crippen molar-refractivity contribution in [3.63, 3.8) is 0 Å². The number of rotatable bonds is 6. The third-order valence-corrected chi connectivity index (χ3v) is 5.41. The molecule has 0 aliphatic carbocycles. The third kappa shape index (κ3) is 3.18. The van der Waals surface area contributed by atoms with Gasteiger partial charge in [-0.3, -0.25) is 18.7 Å². The minimum absolute atomic E-state index is 0.0737. The van der Waals surface area contributed by atoms with E-state index in [0.29, 0.717) is 17.3 Å². The monoisotopic (exact) mass is 382 g/mol. The van der Waals surface area contributed by atoms with Gasteiger partial charge in [0.25, 0.3) is 5.56 Å². The Labute approximate surface area is 157 Å². The standard InChI is InChI=1S/C17H14N6OS2/c1-2-6-23-15(12-4-3-5-18-10-12)20-21-17(23)26-11-13-9-14(24)22-7-8-25-16(22)19-13/h2-5,7-10H,1,6,11H2. The van der Waals surface area contributed by atoms with E-state index in [1.807, 2.05) is 22.1 Å². The quantitative estimate of drug-likeness (QED) is 0.377. The van der Waals surface area contributed by atoms with Gasteiger partial charge in [0, 0.05) is 47.9 Å². The lowest BCUT2D eigenvalue weighted by atomic mass is 10.3. The van der Waals surface area contributed by atoms with Crippen LogP contribution in [0.1, 0.15) is 5.69 Å². The molecule has 0 aromatic carbocycles. The highest BCUT2D eigenvalue weighted by molar-refractivity contribution is 7.98. The number of hydrogen-bond acceptors (Lipinski definition) is 7. The Morgan fingerprint density at radius 1 is 1.35 bits per heavy atom. The summed E-state index contributed by atoms with van der Waals surface area (Å²) in [6.07, 6.45) is 7.01. The summed E-state index contributed by atoms with van der Waals surface area (Å²) in [6.45, 7) is 4.40. The van der Waals surface area contributed by atoms with Crippen LogP contribution in [-0.4, -0.2) is 29.1 Å². The number of aromatic nitrogens is 6. The van der Waals surface area contributed by atoms with Gasteiger partial charge in [-0.1, -0.05) is 17.8 Å². The van der Waals surface area contributed by atoms with Gasteiger partial charge in [-0.25, -0.2) is 4.98 Å². The maximum atomic E-state index is 12.1. The van der Waals surface area contributed by atoms with Crippen molar-refractivity contribution in [3.05, 3.63) is 70.9 Å². The molecule has 0 radical (unpaired) electrons. The average molecular weight is 382 g/mol. The Kier molecular flexibility index (Phi) is 4.63. The highest BCUT2D eigenvalue weighted by Crippen LogP contribution is 2.25. The highest BCUT2D eigenvalue weighted by Gasteiger charge is 2.14. The van der Waals surface area contributed by atoms with Crippen molar-refractivity contribution >= 4 is 28.1 Å². The largest absolute Gasteiger partial charge is 0.298 e. The molecule has 0 unspecified atom stereocenters. The Hall–Kier alpha value is -2.78. The molecule has 0 amide bonds. The number of hydrogen-bond donors (Lipinski definition) is 0. The molecule has 4 heterocycles. The number of fused-ring (bicyclic) bond motifs is 1. The fourth-order valence-electron chi connectivity index (χ4n) is 2.50. The van der Waals surface area contributed by atoms with E-state index in [4.69, 9.17) is 0 Å². The van der Waals surface area contributed by atoms with Gasteiger partial charge in [0.15, 0.2) is 15.9 Å². The lowest BCUT2D eigenvalue weighted by Crippen LogP contribution is -2.12. The Balaban J connectivity index is 1.62. The molecule has 9 heteroatoms. The molecule has 4 rings (SSSR count). The first-order chi connectivity index (χ1) is 12.8. The number of pyridine rings is 1. The van der Waals surface area contributed by atoms with Crippen molar-refractivity contribution in [2.45, 2.75) is 17.5 Å². The average Bonchev–Trinajstić information content (AvgIpc) is 3.28. The second-order valence-corrected chi connectivity index (χ2v) is 7.19. The fourth-order valence-corrected chi connectivity index (χ4v) is 4.08. The van der Waals surface area contributed by atoms with E-state index in [1.165, 1.54) is 23.1 Å². The Bertz CT molecular complexity index is 1120. The second kappa shape index (κ2) is 7.22. The van der Waals surface area contributed by atoms with E-state index in [0.717, 1.165) is 22.2 Å². The zero-order valence-electron chi connectivity index (χ0n) is 13.6. The van der Waals surface area contributed by atoms with Crippen LogP contribution >= 0.6 is 23.1 Å². The number of nitrogens with zero attached hydrogens (tertiary/aromatic N) is 6. The van der Waals surface area contributed by atoms with Gasteiger partial charge in [0.2, 0.25) is 0 Å². The van der Waals surface area contributed by atoms with Gasteiger partial charge >= 0.3 is 0 Å². The number of thiazole rings is 1. The summed E-state index contributed by atoms with van der Waals surface area (Å²) in [5.74, 6) is 1.27. The molecule has 0 N–H and O–H groups in total. The fraction of sp³-hybridized carbons (Fsp3) is 0.118. The zero-order valence-corrected chi connectivity index (χ0v) is 15.3. The maximum Gasteiger partial charge on any atom is 0.258 e. The molecule has 26 heavy (non-hydrogen) atoms. The van der Waals surface area contributed by atoms with Crippen molar-refractivity contribution in [1.82, 2.24) is 29.1 Å². The van der Waals surface area contributed by atoms with Gasteiger partial charge in [-0.2, -0.15) is 0 Å². The van der Waals surface area contributed by atoms with E-state index < -0.39 is 0 Å². The van der Waals surface area contributed by atoms with Crippen LogP contribution in [0.4, 0.5) is 0 Å². The summed E-state index contributed by atoms with van der Waals surface area (Å²) in [5, 5.41) is 11.2. The molecule has 4 aromatic heterocycles. The SMILES string of the molecule is C=CCn1c(SCc2cc(=O)n3ccsc3n2)nnc1-c1cccnc1. The molecular weight excluding hydrogens is 368 g/mol. The molecule has 0 bridgehead atoms. The van der Waals surface area contributed by atoms with Crippen molar-refractivity contribution < 1.29 is 0 Å². The van der Waals surface area contributed by atoms with Crippen molar-refractivity contribution in [2.75, 3.05) is 0 Å². The zero-order chi connectivity index (χ0) is 17.9. The summed E-state index contributed by atoms with van der Waals surface area (Å²) >= 11 is 2.93. The molecule has 0 spiro atoms. The summed E-state index contributed by atoms with van der Waals surface area (Å²) in [4.78, 5) is 21.5. The van der Waals surface area contributed by atoms with E-state index >= 15 is 0 Å². The predicted molar refractivity (Wildman–Crippen MR) is 102 cm³/mol. The lowest BCUT2D eigenvalue weighted by molar-refractivity contribution is 0.730. The molecule has 7 nitrogen and oxygen atoms in total. The van der Waals surface area contributed by atoms with Gasteiger partial charge in [0.05, 0.1) is 5.69 Å². The van der Waals surface area contributed by atoms with Crippen molar-refractivity contribution in [3.8, 4) is 11.4 Å². The van der Waals surface area contributed by atoms with Crippen LogP contribution in [0.5, 0.6) is 0 Å². The molecular formula is C17H14N6OS2. The smallest absolute Gasteiger partial charge is 0.258 e. The molecule has 0 fully saturated rings. The van der Waals surface area contributed by atoms with Crippen LogP contribution in [-0.2, 0) is 12.3 Å². The van der Waals surface area contributed by atoms with E-state index in [2.05, 4.69) is 26.7 Å². The van der Waals surface area contributed by atoms with E-state index in [1.54, 1.807) is 35.1 Å². The van der Waals surface area contributed by atoms with Crippen molar-refractivity contribution in [2.24, 2.45) is 0 Å². The van der Waals surface area contributed by atoms with E-state index in [9.17, 15) is 4.79 Å². The summed E-state index contributed by atoms with van der Waals surface area (Å²) in [7, 11) is 0. The van der Waals surface area contributed by atoms with Crippen LogP contribution in [0.3, 0.4) is 0 Å². The Morgan fingerprint density at radius 3 is 3.08 bits per heavy atom. The lowest BCUT2D eigenvalue weighted by Gasteiger charge is -2.07. The molecule has 0 saturated carbocycles. The van der Waals surface area contributed by atoms with Gasteiger partial charge in [0.1, 0.15) is 0 Å². The maximum absolute atomic E-state index is 12.1. The first kappa shape index (κ1) is 16.7. The highest BCUT2D eigenvalue weighted by atomic mass is 32.2. The number of allylic oxidation sites excluding steroid dienone is 1. The van der Waals surface area contributed by atoms with Gasteiger partial charge < -0.3 is 0 Å². The normalized spacial score (nSPS) is 11.1. The topological polar surface area (TPSA) is 78.0 Å². The van der Waals surface area contributed by atoms with Gasteiger partial charge in [-0.15, -0.1) is 28.1 Å². The van der Waals surface area contributed by atoms with E-state index in [-0.39, 0.29) is 5.56 Å². The van der Waals surface area contributed by atoms with Crippen LogP contribution in [0.25, 0.3) is 16.3 Å². The van der Waals surface area contributed by atoms with Crippen LogP contribution < -0.4 is 5.56 Å².